The highest BCUT2D eigenvalue weighted by atomic mass is 14.6. The average molecular weight is 203 g/mol. The van der Waals surface area contributed by atoms with Gasteiger partial charge >= 0.3 is 0 Å². The highest BCUT2D eigenvalue weighted by Crippen LogP contribution is 2.35. The van der Waals surface area contributed by atoms with Crippen LogP contribution in [0.25, 0.3) is 0 Å². The van der Waals surface area contributed by atoms with Gasteiger partial charge in [0.05, 0.1) is 0 Å². The number of hydrogen-bond donors (Lipinski definition) is 1. The monoisotopic (exact) mass is 203 g/mol. The Bertz CT molecular complexity index is 307. The predicted octanol–water partition coefficient (Wildman–Crippen LogP) is 3.34. The van der Waals surface area contributed by atoms with Gasteiger partial charge in [0.25, 0.3) is 0 Å². The largest absolute Gasteiger partial charge is 0.327 e. The van der Waals surface area contributed by atoms with Crippen molar-refractivity contribution in [3.63, 3.8) is 0 Å². The van der Waals surface area contributed by atoms with E-state index >= 15 is 0 Å². The van der Waals surface area contributed by atoms with E-state index in [9.17, 15) is 0 Å². The fourth-order valence-corrected chi connectivity index (χ4v) is 2.59. The average Bonchev–Trinajstić information content (AvgIpc) is 2.47. The minimum absolute atomic E-state index is 0.253. The number of hydrogen-bond acceptors (Lipinski definition) is 1. The van der Waals surface area contributed by atoms with Crippen molar-refractivity contribution in [1.82, 2.24) is 0 Å². The topological polar surface area (TPSA) is 26.0 Å². The SMILES string of the molecule is CCCC1(C)C=CC2=C(C=C1)CC(N)C2. The van der Waals surface area contributed by atoms with E-state index < -0.39 is 0 Å². The third-order valence-corrected chi connectivity index (χ3v) is 3.50. The summed E-state index contributed by atoms with van der Waals surface area (Å²) < 4.78 is 0. The summed E-state index contributed by atoms with van der Waals surface area (Å²) in [6, 6.07) is 0.347. The summed E-state index contributed by atoms with van der Waals surface area (Å²) in [5.41, 5.74) is 9.13. The maximum absolute atomic E-state index is 5.96. The normalized spacial score (nSPS) is 24.5. The van der Waals surface area contributed by atoms with E-state index in [0.717, 1.165) is 12.8 Å². The van der Waals surface area contributed by atoms with Crippen LogP contribution < -0.4 is 5.73 Å². The van der Waals surface area contributed by atoms with Gasteiger partial charge in [0.2, 0.25) is 0 Å². The van der Waals surface area contributed by atoms with E-state index in [-0.39, 0.29) is 5.41 Å². The van der Waals surface area contributed by atoms with Gasteiger partial charge in [-0.15, -0.1) is 0 Å². The Morgan fingerprint density at radius 2 is 1.80 bits per heavy atom. The molecule has 2 aliphatic carbocycles. The molecule has 0 saturated heterocycles. The highest BCUT2D eigenvalue weighted by Gasteiger charge is 2.23. The van der Waals surface area contributed by atoms with Gasteiger partial charge < -0.3 is 5.73 Å². The molecule has 82 valence electrons. The molecular formula is C14H21N. The molecule has 0 bridgehead atoms. The van der Waals surface area contributed by atoms with Crippen LogP contribution >= 0.6 is 0 Å². The minimum atomic E-state index is 0.253. The van der Waals surface area contributed by atoms with Crippen LogP contribution in [0.1, 0.15) is 39.5 Å². The molecule has 0 atom stereocenters. The Morgan fingerprint density at radius 3 is 2.27 bits per heavy atom. The second-order valence-electron chi connectivity index (χ2n) is 5.14. The summed E-state index contributed by atoms with van der Waals surface area (Å²) in [6.07, 6.45) is 13.9. The molecule has 1 nitrogen and oxygen atoms in total. The first kappa shape index (κ1) is 10.7. The Morgan fingerprint density at radius 1 is 1.27 bits per heavy atom. The zero-order chi connectivity index (χ0) is 10.9. The molecule has 0 fully saturated rings. The molecule has 0 aromatic carbocycles. The summed E-state index contributed by atoms with van der Waals surface area (Å²) in [5, 5.41) is 0. The minimum Gasteiger partial charge on any atom is -0.327 e. The van der Waals surface area contributed by atoms with Gasteiger partial charge in [-0.05, 0) is 30.4 Å². The lowest BCUT2D eigenvalue weighted by Gasteiger charge is -2.20. The zero-order valence-electron chi connectivity index (χ0n) is 9.79. The molecule has 0 aromatic rings. The van der Waals surface area contributed by atoms with Crippen LogP contribution in [0, 0.1) is 5.41 Å². The fourth-order valence-electron chi connectivity index (χ4n) is 2.59. The van der Waals surface area contributed by atoms with Crippen LogP contribution in [0.2, 0.25) is 0 Å². The molecule has 0 spiro atoms. The summed E-state index contributed by atoms with van der Waals surface area (Å²) in [5.74, 6) is 0. The van der Waals surface area contributed by atoms with Crippen LogP contribution in [-0.4, -0.2) is 6.04 Å². The van der Waals surface area contributed by atoms with E-state index in [4.69, 9.17) is 5.73 Å². The Balaban J connectivity index is 2.19. The lowest BCUT2D eigenvalue weighted by atomic mass is 9.85. The van der Waals surface area contributed by atoms with E-state index in [1.165, 1.54) is 24.0 Å². The number of rotatable bonds is 2. The third kappa shape index (κ3) is 2.23. The molecule has 0 radical (unpaired) electrons. The standard InChI is InChI=1S/C14H21N/c1-3-6-14(2)7-4-11-9-13(15)10-12(11)5-8-14/h4-5,7-8,13H,3,6,9-10,15H2,1-2H3. The first-order valence-electron chi connectivity index (χ1n) is 5.99. The Labute approximate surface area is 92.7 Å². The molecule has 2 N–H and O–H groups in total. The maximum Gasteiger partial charge on any atom is 0.0120 e. The molecule has 15 heavy (non-hydrogen) atoms. The van der Waals surface area contributed by atoms with Crippen LogP contribution in [0.5, 0.6) is 0 Å². The molecule has 0 aromatic heterocycles. The van der Waals surface area contributed by atoms with Crippen LogP contribution in [0.4, 0.5) is 0 Å². The summed E-state index contributed by atoms with van der Waals surface area (Å²) in [7, 11) is 0. The van der Waals surface area contributed by atoms with Gasteiger partial charge in [-0.25, -0.2) is 0 Å². The van der Waals surface area contributed by atoms with Crippen molar-refractivity contribution in [2.75, 3.05) is 0 Å². The number of nitrogens with two attached hydrogens (primary N) is 1. The maximum atomic E-state index is 5.96. The second-order valence-corrected chi connectivity index (χ2v) is 5.14. The molecule has 1 heteroatoms. The first-order valence-corrected chi connectivity index (χ1v) is 5.99. The van der Waals surface area contributed by atoms with Crippen LogP contribution in [-0.2, 0) is 0 Å². The Hall–Kier alpha value is -0.820. The molecule has 0 aliphatic heterocycles. The molecule has 2 aliphatic rings. The van der Waals surface area contributed by atoms with Gasteiger partial charge in [0, 0.05) is 11.5 Å². The van der Waals surface area contributed by atoms with Crippen molar-refractivity contribution in [2.24, 2.45) is 11.1 Å². The predicted molar refractivity (Wildman–Crippen MR) is 65.5 cm³/mol. The van der Waals surface area contributed by atoms with Crippen molar-refractivity contribution >= 4 is 0 Å². The van der Waals surface area contributed by atoms with Crippen LogP contribution in [0.3, 0.4) is 0 Å². The number of allylic oxidation sites excluding steroid dienone is 4. The van der Waals surface area contributed by atoms with Gasteiger partial charge in [-0.3, -0.25) is 0 Å². The van der Waals surface area contributed by atoms with Crippen molar-refractivity contribution in [3.05, 3.63) is 35.5 Å². The smallest absolute Gasteiger partial charge is 0.0120 e. The van der Waals surface area contributed by atoms with Crippen molar-refractivity contribution in [2.45, 2.75) is 45.6 Å². The lowest BCUT2D eigenvalue weighted by molar-refractivity contribution is 0.492. The molecule has 0 saturated carbocycles. The van der Waals surface area contributed by atoms with E-state index in [0.29, 0.717) is 6.04 Å². The van der Waals surface area contributed by atoms with Crippen molar-refractivity contribution in [3.8, 4) is 0 Å². The lowest BCUT2D eigenvalue weighted by Crippen LogP contribution is -2.15. The van der Waals surface area contributed by atoms with Gasteiger partial charge in [-0.2, -0.15) is 0 Å². The van der Waals surface area contributed by atoms with E-state index in [2.05, 4.69) is 38.2 Å². The summed E-state index contributed by atoms with van der Waals surface area (Å²) >= 11 is 0. The highest BCUT2D eigenvalue weighted by molar-refractivity contribution is 5.42. The molecule has 0 unspecified atom stereocenters. The van der Waals surface area contributed by atoms with E-state index in [1.807, 2.05) is 0 Å². The molecule has 0 amide bonds. The molecule has 0 heterocycles. The van der Waals surface area contributed by atoms with Gasteiger partial charge in [0.1, 0.15) is 0 Å². The summed E-state index contributed by atoms with van der Waals surface area (Å²) in [6.45, 7) is 4.56. The van der Waals surface area contributed by atoms with Crippen molar-refractivity contribution < 1.29 is 0 Å². The Kier molecular flexibility index (Phi) is 2.83. The fraction of sp³-hybridized carbons (Fsp3) is 0.571. The molecular weight excluding hydrogens is 182 g/mol. The quantitative estimate of drug-likeness (QED) is 0.732. The van der Waals surface area contributed by atoms with E-state index in [1.54, 1.807) is 0 Å². The first-order chi connectivity index (χ1) is 7.13. The van der Waals surface area contributed by atoms with Gasteiger partial charge in [-0.1, -0.05) is 44.6 Å². The second kappa shape index (κ2) is 3.97. The van der Waals surface area contributed by atoms with Gasteiger partial charge in [0.15, 0.2) is 0 Å². The third-order valence-electron chi connectivity index (χ3n) is 3.50. The summed E-state index contributed by atoms with van der Waals surface area (Å²) in [4.78, 5) is 0. The zero-order valence-corrected chi connectivity index (χ0v) is 9.79. The van der Waals surface area contributed by atoms with Crippen molar-refractivity contribution in [1.29, 1.82) is 0 Å². The molecule has 2 rings (SSSR count). The van der Waals surface area contributed by atoms with Crippen LogP contribution in [0.15, 0.2) is 35.5 Å².